The number of nitrogens with zero attached hydrogens (tertiary/aromatic N) is 2. The molecule has 0 amide bonds. The van der Waals surface area contributed by atoms with Crippen LogP contribution in [0.1, 0.15) is 6.23 Å². The molecule has 2 atom stereocenters. The van der Waals surface area contributed by atoms with Crippen LogP contribution >= 0.6 is 11.8 Å². The highest BCUT2D eigenvalue weighted by atomic mass is 32.2. The molecule has 6 nitrogen and oxygen atoms in total. The zero-order valence-corrected chi connectivity index (χ0v) is 9.95. The zero-order valence-electron chi connectivity index (χ0n) is 9.13. The first kappa shape index (κ1) is 12.3. The van der Waals surface area contributed by atoms with Crippen molar-refractivity contribution in [1.82, 2.24) is 9.55 Å². The number of hydrogen-bond donors (Lipinski definition) is 1. The first-order valence-corrected chi connectivity index (χ1v) is 5.97. The van der Waals surface area contributed by atoms with Gasteiger partial charge >= 0.3 is 5.69 Å². The monoisotopic (exact) mass is 261 g/mol. The summed E-state index contributed by atoms with van der Waals surface area (Å²) in [5, 5.41) is 0. The van der Waals surface area contributed by atoms with Crippen molar-refractivity contribution in [1.29, 1.82) is 0 Å². The van der Waals surface area contributed by atoms with E-state index < -0.39 is 23.6 Å². The molecule has 1 aromatic rings. The van der Waals surface area contributed by atoms with Crippen molar-refractivity contribution in [2.45, 2.75) is 11.7 Å². The van der Waals surface area contributed by atoms with Crippen LogP contribution in [0, 0.1) is 5.82 Å². The standard InChI is InChI=1S/C9H12FN3O3S/c1-15-3-7-16-6(4-17-7)13-2-5(10)8(11)12-9(13)14/h2,6-7H,3-4H2,1H3,(H2,11,12,14)/t6-,7+/m0/s1. The predicted molar refractivity (Wildman–Crippen MR) is 61.1 cm³/mol. The van der Waals surface area contributed by atoms with Gasteiger partial charge in [0.25, 0.3) is 0 Å². The van der Waals surface area contributed by atoms with Crippen LogP contribution in [-0.2, 0) is 9.47 Å². The number of ether oxygens (including phenoxy) is 2. The van der Waals surface area contributed by atoms with E-state index in [0.29, 0.717) is 12.4 Å². The van der Waals surface area contributed by atoms with Gasteiger partial charge in [-0.15, -0.1) is 11.8 Å². The van der Waals surface area contributed by atoms with Gasteiger partial charge in [-0.3, -0.25) is 4.57 Å². The number of rotatable bonds is 3. The van der Waals surface area contributed by atoms with E-state index >= 15 is 0 Å². The minimum Gasteiger partial charge on any atom is -0.381 e. The van der Waals surface area contributed by atoms with Gasteiger partial charge in [-0.1, -0.05) is 0 Å². The second kappa shape index (κ2) is 5.03. The molecule has 1 aromatic heterocycles. The van der Waals surface area contributed by atoms with Crippen molar-refractivity contribution in [3.8, 4) is 0 Å². The van der Waals surface area contributed by atoms with Crippen molar-refractivity contribution in [2.24, 2.45) is 0 Å². The highest BCUT2D eigenvalue weighted by Crippen LogP contribution is 2.31. The molecule has 2 rings (SSSR count). The second-order valence-electron chi connectivity index (χ2n) is 3.47. The molecule has 0 saturated carbocycles. The minimum atomic E-state index is -0.728. The number of thioether (sulfide) groups is 1. The van der Waals surface area contributed by atoms with Crippen LogP contribution in [0.3, 0.4) is 0 Å². The van der Waals surface area contributed by atoms with Crippen LogP contribution in [0.2, 0.25) is 0 Å². The maximum absolute atomic E-state index is 13.2. The number of aromatic nitrogens is 2. The van der Waals surface area contributed by atoms with E-state index in [9.17, 15) is 9.18 Å². The number of hydrogen-bond acceptors (Lipinski definition) is 6. The Hall–Kier alpha value is -1.12. The number of nitrogens with two attached hydrogens (primary N) is 1. The topological polar surface area (TPSA) is 79.4 Å². The Balaban J connectivity index is 2.19. The Bertz CT molecular complexity index is 467. The third-order valence-corrected chi connectivity index (χ3v) is 3.38. The minimum absolute atomic E-state index is 0.155. The van der Waals surface area contributed by atoms with Crippen LogP contribution in [-0.4, -0.2) is 34.5 Å². The molecule has 0 spiro atoms. The van der Waals surface area contributed by atoms with Gasteiger partial charge in [-0.25, -0.2) is 9.18 Å². The van der Waals surface area contributed by atoms with Crippen molar-refractivity contribution in [3.05, 3.63) is 22.5 Å². The van der Waals surface area contributed by atoms with Crippen LogP contribution in [0.15, 0.2) is 11.0 Å². The summed E-state index contributed by atoms with van der Waals surface area (Å²) in [4.78, 5) is 14.9. The Morgan fingerprint density at radius 1 is 1.82 bits per heavy atom. The fourth-order valence-electron chi connectivity index (χ4n) is 1.48. The second-order valence-corrected chi connectivity index (χ2v) is 4.67. The average molecular weight is 261 g/mol. The SMILES string of the molecule is COC[C@@H]1O[C@H](n2cc(F)c(N)nc2=O)CS1. The Kier molecular flexibility index (Phi) is 3.65. The molecule has 1 saturated heterocycles. The average Bonchev–Trinajstić information content (AvgIpc) is 2.72. The van der Waals surface area contributed by atoms with Crippen LogP contribution in [0.4, 0.5) is 10.2 Å². The van der Waals surface area contributed by atoms with Crippen molar-refractivity contribution >= 4 is 17.6 Å². The first-order valence-electron chi connectivity index (χ1n) is 4.92. The van der Waals surface area contributed by atoms with Gasteiger partial charge in [0.05, 0.1) is 12.8 Å². The van der Waals surface area contributed by atoms with Gasteiger partial charge in [0.15, 0.2) is 11.6 Å². The lowest BCUT2D eigenvalue weighted by molar-refractivity contribution is -0.0156. The molecule has 0 radical (unpaired) electrons. The normalized spacial score (nSPS) is 24.1. The summed E-state index contributed by atoms with van der Waals surface area (Å²) >= 11 is 1.50. The van der Waals surface area contributed by atoms with E-state index in [1.807, 2.05) is 0 Å². The number of anilines is 1. The fraction of sp³-hybridized carbons (Fsp3) is 0.556. The first-order chi connectivity index (χ1) is 8.11. The van der Waals surface area contributed by atoms with E-state index in [0.717, 1.165) is 10.8 Å². The maximum atomic E-state index is 13.2. The molecule has 0 bridgehead atoms. The highest BCUT2D eigenvalue weighted by Gasteiger charge is 2.28. The number of halogens is 1. The lowest BCUT2D eigenvalue weighted by Gasteiger charge is -2.14. The van der Waals surface area contributed by atoms with Crippen LogP contribution in [0.25, 0.3) is 0 Å². The van der Waals surface area contributed by atoms with E-state index in [-0.39, 0.29) is 5.44 Å². The molecule has 94 valence electrons. The largest absolute Gasteiger partial charge is 0.381 e. The lowest BCUT2D eigenvalue weighted by Crippen LogP contribution is -2.29. The third-order valence-electron chi connectivity index (χ3n) is 2.28. The maximum Gasteiger partial charge on any atom is 0.351 e. The zero-order chi connectivity index (χ0) is 12.4. The van der Waals surface area contributed by atoms with Gasteiger partial charge in [-0.05, 0) is 0 Å². The Labute approximate surface area is 101 Å². The summed E-state index contributed by atoms with van der Waals surface area (Å²) < 4.78 is 24.8. The summed E-state index contributed by atoms with van der Waals surface area (Å²) in [5.74, 6) is -0.586. The summed E-state index contributed by atoms with van der Waals surface area (Å²) in [5.41, 5.74) is 4.42. The molecule has 1 fully saturated rings. The predicted octanol–water partition coefficient (Wildman–Crippen LogP) is 0.199. The molecule has 2 N–H and O–H groups in total. The van der Waals surface area contributed by atoms with Gasteiger partial charge in [0.2, 0.25) is 0 Å². The fourth-order valence-corrected chi connectivity index (χ4v) is 2.53. The van der Waals surface area contributed by atoms with E-state index in [4.69, 9.17) is 15.2 Å². The smallest absolute Gasteiger partial charge is 0.351 e. The quantitative estimate of drug-likeness (QED) is 0.837. The summed E-state index contributed by atoms with van der Waals surface area (Å²) in [6.07, 6.45) is 0.487. The Morgan fingerprint density at radius 3 is 3.29 bits per heavy atom. The molecule has 8 heteroatoms. The summed E-state index contributed by atoms with van der Waals surface area (Å²) in [6, 6.07) is 0. The molecule has 0 aromatic carbocycles. The molecule has 2 heterocycles. The van der Waals surface area contributed by atoms with Gasteiger partial charge < -0.3 is 15.2 Å². The Morgan fingerprint density at radius 2 is 2.59 bits per heavy atom. The third kappa shape index (κ3) is 2.59. The van der Waals surface area contributed by atoms with Crippen LogP contribution < -0.4 is 11.4 Å². The molecule has 17 heavy (non-hydrogen) atoms. The molecule has 1 aliphatic heterocycles. The van der Waals surface area contributed by atoms with Gasteiger partial charge in [0.1, 0.15) is 11.7 Å². The number of methoxy groups -OCH3 is 1. The lowest BCUT2D eigenvalue weighted by atomic mass is 10.5. The summed E-state index contributed by atoms with van der Waals surface area (Å²) in [7, 11) is 1.56. The van der Waals surface area contributed by atoms with Crippen molar-refractivity contribution < 1.29 is 13.9 Å². The molecule has 0 unspecified atom stereocenters. The van der Waals surface area contributed by atoms with E-state index in [1.165, 1.54) is 11.8 Å². The molecule has 0 aliphatic carbocycles. The van der Waals surface area contributed by atoms with Crippen LogP contribution in [0.5, 0.6) is 0 Å². The number of nitrogen functional groups attached to an aromatic ring is 1. The molecular weight excluding hydrogens is 249 g/mol. The van der Waals surface area contributed by atoms with E-state index in [2.05, 4.69) is 4.98 Å². The molecular formula is C9H12FN3O3S. The van der Waals surface area contributed by atoms with Crippen molar-refractivity contribution in [2.75, 3.05) is 25.2 Å². The highest BCUT2D eigenvalue weighted by molar-refractivity contribution is 8.00. The van der Waals surface area contributed by atoms with Gasteiger partial charge in [0, 0.05) is 12.9 Å². The summed E-state index contributed by atoms with van der Waals surface area (Å²) in [6.45, 7) is 0.417. The van der Waals surface area contributed by atoms with E-state index in [1.54, 1.807) is 7.11 Å². The van der Waals surface area contributed by atoms with Gasteiger partial charge in [-0.2, -0.15) is 4.98 Å². The molecule has 1 aliphatic rings. The van der Waals surface area contributed by atoms with Crippen molar-refractivity contribution in [3.63, 3.8) is 0 Å².